The Labute approximate surface area is 304 Å². The van der Waals surface area contributed by atoms with Crippen LogP contribution in [0.15, 0.2) is 0 Å². The number of carboxylic acid groups (broad SMARTS) is 1. The van der Waals surface area contributed by atoms with Crippen molar-refractivity contribution in [2.75, 3.05) is 13.2 Å². The van der Waals surface area contributed by atoms with Gasteiger partial charge in [0.15, 0.2) is 6.23 Å². The van der Waals surface area contributed by atoms with Crippen molar-refractivity contribution in [3.63, 3.8) is 0 Å². The zero-order valence-electron chi connectivity index (χ0n) is 32.0. The van der Waals surface area contributed by atoms with Gasteiger partial charge in [-0.1, -0.05) is 162 Å². The average Bonchev–Trinajstić information content (AvgIpc) is 3.10. The molecule has 2 amide bonds. The van der Waals surface area contributed by atoms with Gasteiger partial charge in [-0.2, -0.15) is 0 Å². The number of aliphatic hydroxyl groups excluding tert-OH is 3. The largest absolute Gasteiger partial charge is 0.481 e. The van der Waals surface area contributed by atoms with Crippen LogP contribution in [-0.4, -0.2) is 86.8 Å². The van der Waals surface area contributed by atoms with Crippen LogP contribution in [0.25, 0.3) is 0 Å². The van der Waals surface area contributed by atoms with Crippen molar-refractivity contribution in [1.82, 2.24) is 10.2 Å². The number of nitrogens with one attached hydrogen (secondary N) is 1. The summed E-state index contributed by atoms with van der Waals surface area (Å²) in [5.41, 5.74) is 0. The van der Waals surface area contributed by atoms with Gasteiger partial charge in [-0.05, 0) is 12.8 Å². The van der Waals surface area contributed by atoms with Crippen molar-refractivity contribution in [3.05, 3.63) is 0 Å². The molecule has 5 N–H and O–H groups in total. The smallest absolute Gasteiger partial charge is 0.303 e. The normalized spacial score (nSPS) is 20.5. The molecule has 0 bridgehead atoms. The van der Waals surface area contributed by atoms with Crippen LogP contribution in [0.3, 0.4) is 0 Å². The van der Waals surface area contributed by atoms with Gasteiger partial charge < -0.3 is 35.4 Å². The Morgan fingerprint density at radius 3 is 1.42 bits per heavy atom. The van der Waals surface area contributed by atoms with E-state index in [1.165, 1.54) is 109 Å². The number of hydrogen-bond acceptors (Lipinski definition) is 7. The van der Waals surface area contributed by atoms with Gasteiger partial charge in [0.05, 0.1) is 13.0 Å². The number of nitrogens with zero attached hydrogens (tertiary/aromatic N) is 1. The summed E-state index contributed by atoms with van der Waals surface area (Å²) in [6.07, 6.45) is 24.2. The van der Waals surface area contributed by atoms with Gasteiger partial charge in [0.1, 0.15) is 24.4 Å². The van der Waals surface area contributed by atoms with E-state index in [4.69, 9.17) is 9.84 Å². The number of unbranched alkanes of at least 4 members (excludes halogenated alkanes) is 23. The number of amides is 2. The minimum absolute atomic E-state index is 0.148. The second kappa shape index (κ2) is 30.8. The van der Waals surface area contributed by atoms with E-state index in [1.807, 2.05) is 0 Å². The summed E-state index contributed by atoms with van der Waals surface area (Å²) in [5.74, 6) is -1.89. The van der Waals surface area contributed by atoms with Crippen LogP contribution in [-0.2, 0) is 19.1 Å². The zero-order chi connectivity index (χ0) is 36.8. The van der Waals surface area contributed by atoms with E-state index in [1.54, 1.807) is 4.90 Å². The molecular weight excluding hydrogens is 636 g/mol. The predicted molar refractivity (Wildman–Crippen MR) is 200 cm³/mol. The van der Waals surface area contributed by atoms with Crippen molar-refractivity contribution >= 4 is 17.8 Å². The molecule has 1 rings (SSSR count). The number of rotatable bonds is 33. The van der Waals surface area contributed by atoms with Crippen LogP contribution in [0.1, 0.15) is 194 Å². The van der Waals surface area contributed by atoms with E-state index in [0.717, 1.165) is 51.4 Å². The van der Waals surface area contributed by atoms with E-state index in [-0.39, 0.29) is 18.7 Å². The number of aliphatic carboxylic acids is 1. The molecule has 0 aromatic carbocycles. The summed E-state index contributed by atoms with van der Waals surface area (Å²) < 4.78 is 6.03. The Morgan fingerprint density at radius 1 is 0.580 bits per heavy atom. The van der Waals surface area contributed by atoms with Crippen molar-refractivity contribution in [2.24, 2.45) is 0 Å². The molecule has 0 aromatic heterocycles. The highest BCUT2D eigenvalue weighted by Crippen LogP contribution is 2.26. The third-order valence-corrected chi connectivity index (χ3v) is 10.2. The molecule has 1 saturated heterocycles. The van der Waals surface area contributed by atoms with Crippen LogP contribution in [0, 0.1) is 0 Å². The topological polar surface area (TPSA) is 157 Å². The maximum atomic E-state index is 13.7. The fraction of sp³-hybridized carbons (Fsp3) is 0.925. The molecule has 1 fully saturated rings. The predicted octanol–water partition coefficient (Wildman–Crippen LogP) is 7.79. The quantitative estimate of drug-likeness (QED) is 0.0432. The Bertz CT molecular complexity index is 859. The summed E-state index contributed by atoms with van der Waals surface area (Å²) in [4.78, 5) is 39.0. The number of ether oxygens (including phenoxy) is 1. The van der Waals surface area contributed by atoms with Crippen LogP contribution < -0.4 is 5.32 Å². The molecule has 0 spiro atoms. The molecule has 10 heteroatoms. The molecule has 294 valence electrons. The van der Waals surface area contributed by atoms with Gasteiger partial charge in [-0.25, -0.2) is 0 Å². The fourth-order valence-electron chi connectivity index (χ4n) is 6.95. The number of aliphatic hydroxyl groups is 3. The van der Waals surface area contributed by atoms with Crippen molar-refractivity contribution in [2.45, 2.75) is 224 Å². The number of carbonyl (C=O) groups excluding carboxylic acids is 2. The van der Waals surface area contributed by atoms with Gasteiger partial charge in [-0.3, -0.25) is 14.4 Å². The first-order valence-corrected chi connectivity index (χ1v) is 20.7. The third kappa shape index (κ3) is 21.6. The molecule has 0 radical (unpaired) electrons. The standard InChI is InChI=1S/C40H76N2O8/c1-3-5-7-9-11-13-15-16-17-18-19-20-22-24-26-28-35(45)42(31-27-25-23-21-14-12-10-8-6-4-2)40-37(41-34(44)29-30-36(46)47)39(49)38(48)33(32-43)50-40/h33,37-40,43,48-49H,3-32H2,1-2H3,(H,41,44)(H,46,47)/t33-,37+,38+,39-,40-/m1/s1. The first-order chi connectivity index (χ1) is 24.3. The van der Waals surface area contributed by atoms with E-state index < -0.39 is 49.1 Å². The van der Waals surface area contributed by atoms with E-state index in [0.29, 0.717) is 13.0 Å². The molecule has 0 aliphatic carbocycles. The molecule has 5 atom stereocenters. The summed E-state index contributed by atoms with van der Waals surface area (Å²) >= 11 is 0. The lowest BCUT2D eigenvalue weighted by Gasteiger charge is -2.47. The Morgan fingerprint density at radius 2 is 1.00 bits per heavy atom. The van der Waals surface area contributed by atoms with Gasteiger partial charge >= 0.3 is 5.97 Å². The SMILES string of the molecule is CCCCCCCCCCCCCCCCCC(=O)N(CCCCCCCCCCCC)[C@@H]1O[C@H](CO)[C@H](O)[C@H](O)[C@@H]1NC(=O)CCC(=O)O. The van der Waals surface area contributed by atoms with Gasteiger partial charge in [0, 0.05) is 19.4 Å². The highest BCUT2D eigenvalue weighted by Gasteiger charge is 2.48. The Hall–Kier alpha value is -1.75. The molecule has 50 heavy (non-hydrogen) atoms. The first-order valence-electron chi connectivity index (χ1n) is 20.7. The van der Waals surface area contributed by atoms with Crippen LogP contribution in [0.4, 0.5) is 0 Å². The van der Waals surface area contributed by atoms with Crippen LogP contribution >= 0.6 is 0 Å². The number of hydrogen-bond donors (Lipinski definition) is 5. The zero-order valence-corrected chi connectivity index (χ0v) is 32.0. The summed E-state index contributed by atoms with van der Waals surface area (Å²) in [6.45, 7) is 4.27. The summed E-state index contributed by atoms with van der Waals surface area (Å²) in [5, 5.41) is 43.2. The van der Waals surface area contributed by atoms with Gasteiger partial charge in [-0.15, -0.1) is 0 Å². The second-order valence-corrected chi connectivity index (χ2v) is 14.7. The second-order valence-electron chi connectivity index (χ2n) is 14.7. The molecule has 1 aliphatic rings. The fourth-order valence-corrected chi connectivity index (χ4v) is 6.95. The number of carboxylic acids is 1. The number of carbonyl (C=O) groups is 3. The van der Waals surface area contributed by atoms with Gasteiger partial charge in [0.25, 0.3) is 0 Å². The van der Waals surface area contributed by atoms with Crippen LogP contribution in [0.2, 0.25) is 0 Å². The average molecular weight is 713 g/mol. The Balaban J connectivity index is 2.67. The Kier molecular flexibility index (Phi) is 28.5. The molecule has 0 unspecified atom stereocenters. The maximum Gasteiger partial charge on any atom is 0.303 e. The van der Waals surface area contributed by atoms with Crippen molar-refractivity contribution in [1.29, 1.82) is 0 Å². The molecule has 0 aromatic rings. The molecular formula is C40H76N2O8. The lowest BCUT2D eigenvalue weighted by Crippen LogP contribution is -2.68. The molecule has 0 saturated carbocycles. The van der Waals surface area contributed by atoms with Crippen molar-refractivity contribution in [3.8, 4) is 0 Å². The van der Waals surface area contributed by atoms with Crippen molar-refractivity contribution < 1.29 is 39.5 Å². The maximum absolute atomic E-state index is 13.7. The summed E-state index contributed by atoms with van der Waals surface area (Å²) in [7, 11) is 0. The van der Waals surface area contributed by atoms with E-state index >= 15 is 0 Å². The van der Waals surface area contributed by atoms with E-state index in [9.17, 15) is 29.7 Å². The van der Waals surface area contributed by atoms with Crippen LogP contribution in [0.5, 0.6) is 0 Å². The van der Waals surface area contributed by atoms with Gasteiger partial charge in [0.2, 0.25) is 11.8 Å². The first kappa shape index (κ1) is 46.3. The van der Waals surface area contributed by atoms with E-state index in [2.05, 4.69) is 19.2 Å². The monoisotopic (exact) mass is 713 g/mol. The minimum atomic E-state index is -1.51. The molecule has 1 heterocycles. The summed E-state index contributed by atoms with van der Waals surface area (Å²) in [6, 6.07) is -1.16. The molecule has 1 aliphatic heterocycles. The third-order valence-electron chi connectivity index (χ3n) is 10.2. The lowest BCUT2D eigenvalue weighted by molar-refractivity contribution is -0.231. The molecule has 10 nitrogen and oxygen atoms in total. The highest BCUT2D eigenvalue weighted by molar-refractivity contribution is 5.81. The minimum Gasteiger partial charge on any atom is -0.481 e. The lowest BCUT2D eigenvalue weighted by atomic mass is 9.94. The highest BCUT2D eigenvalue weighted by atomic mass is 16.5.